The second kappa shape index (κ2) is 7.28. The van der Waals surface area contributed by atoms with E-state index in [0.717, 1.165) is 31.0 Å². The summed E-state index contributed by atoms with van der Waals surface area (Å²) < 4.78 is 19.5. The molecule has 2 fully saturated rings. The van der Waals surface area contributed by atoms with Crippen molar-refractivity contribution in [1.29, 1.82) is 0 Å². The van der Waals surface area contributed by atoms with Gasteiger partial charge in [-0.3, -0.25) is 0 Å². The van der Waals surface area contributed by atoms with Crippen molar-refractivity contribution in [1.82, 2.24) is 5.32 Å². The van der Waals surface area contributed by atoms with Crippen LogP contribution in [0.2, 0.25) is 0 Å². The summed E-state index contributed by atoms with van der Waals surface area (Å²) in [7, 11) is 0. The largest absolute Gasteiger partial charge is 0.493 e. The first-order valence-corrected chi connectivity index (χ1v) is 7.46. The van der Waals surface area contributed by atoms with Gasteiger partial charge in [0.05, 0.1) is 6.61 Å². The van der Waals surface area contributed by atoms with Crippen LogP contribution in [0.25, 0.3) is 0 Å². The minimum absolute atomic E-state index is 0. The van der Waals surface area contributed by atoms with Crippen LogP contribution < -0.4 is 10.1 Å². The minimum Gasteiger partial charge on any atom is -0.493 e. The summed E-state index contributed by atoms with van der Waals surface area (Å²) in [6.45, 7) is 2.88. The summed E-state index contributed by atoms with van der Waals surface area (Å²) in [6.07, 6.45) is 6.04. The van der Waals surface area contributed by atoms with Crippen LogP contribution in [0.3, 0.4) is 0 Å². The van der Waals surface area contributed by atoms with Gasteiger partial charge < -0.3 is 10.1 Å². The molecule has 1 aromatic carbocycles. The lowest BCUT2D eigenvalue weighted by Gasteiger charge is -2.18. The van der Waals surface area contributed by atoms with Gasteiger partial charge in [-0.15, -0.1) is 12.4 Å². The average molecular weight is 300 g/mol. The van der Waals surface area contributed by atoms with Crippen molar-refractivity contribution in [2.45, 2.75) is 38.0 Å². The molecule has 1 atom stereocenters. The first-order chi connectivity index (χ1) is 9.33. The van der Waals surface area contributed by atoms with Crippen molar-refractivity contribution in [2.75, 3.05) is 19.7 Å². The lowest BCUT2D eigenvalue weighted by molar-refractivity contribution is 0.256. The van der Waals surface area contributed by atoms with Gasteiger partial charge in [0.15, 0.2) is 0 Å². The Hall–Kier alpha value is -0.800. The topological polar surface area (TPSA) is 21.3 Å². The quantitative estimate of drug-likeness (QED) is 0.910. The van der Waals surface area contributed by atoms with Crippen LogP contribution in [-0.4, -0.2) is 19.7 Å². The molecule has 1 aliphatic heterocycles. The van der Waals surface area contributed by atoms with Crippen LogP contribution in [-0.2, 0) is 0 Å². The fourth-order valence-corrected chi connectivity index (χ4v) is 3.27. The summed E-state index contributed by atoms with van der Waals surface area (Å²) in [5.74, 6) is 1.85. The molecule has 1 saturated heterocycles. The van der Waals surface area contributed by atoms with E-state index in [0.29, 0.717) is 11.8 Å². The Morgan fingerprint density at radius 1 is 1.20 bits per heavy atom. The number of ether oxygens (including phenoxy) is 1. The summed E-state index contributed by atoms with van der Waals surface area (Å²) in [4.78, 5) is 0. The third-order valence-corrected chi connectivity index (χ3v) is 4.40. The molecule has 0 bridgehead atoms. The first-order valence-electron chi connectivity index (χ1n) is 7.46. The van der Waals surface area contributed by atoms with Gasteiger partial charge in [0.2, 0.25) is 0 Å². The van der Waals surface area contributed by atoms with E-state index in [1.807, 2.05) is 6.07 Å². The maximum Gasteiger partial charge on any atom is 0.123 e. The molecule has 1 aromatic rings. The van der Waals surface area contributed by atoms with E-state index in [-0.39, 0.29) is 18.2 Å². The van der Waals surface area contributed by atoms with Crippen molar-refractivity contribution in [3.8, 4) is 5.75 Å². The van der Waals surface area contributed by atoms with Crippen LogP contribution in [0, 0.1) is 11.7 Å². The van der Waals surface area contributed by atoms with Gasteiger partial charge in [-0.25, -0.2) is 4.39 Å². The summed E-state index contributed by atoms with van der Waals surface area (Å²) in [5.41, 5.74) is 1.09. The number of hydrogen-bond donors (Lipinski definition) is 1. The zero-order valence-corrected chi connectivity index (χ0v) is 12.6. The molecule has 1 aliphatic carbocycles. The highest BCUT2D eigenvalue weighted by Gasteiger charge is 2.22. The highest BCUT2D eigenvalue weighted by molar-refractivity contribution is 5.85. The van der Waals surface area contributed by atoms with Gasteiger partial charge in [-0.2, -0.15) is 0 Å². The Kier molecular flexibility index (Phi) is 5.67. The number of benzene rings is 1. The smallest absolute Gasteiger partial charge is 0.123 e. The van der Waals surface area contributed by atoms with Crippen molar-refractivity contribution < 1.29 is 9.13 Å². The minimum atomic E-state index is -0.142. The molecule has 20 heavy (non-hydrogen) atoms. The van der Waals surface area contributed by atoms with E-state index in [2.05, 4.69) is 5.32 Å². The number of rotatable bonds is 4. The Morgan fingerprint density at radius 3 is 2.70 bits per heavy atom. The van der Waals surface area contributed by atoms with Crippen LogP contribution >= 0.6 is 12.4 Å². The second-order valence-electron chi connectivity index (χ2n) is 5.83. The molecule has 0 amide bonds. The van der Waals surface area contributed by atoms with Crippen LogP contribution in [0.5, 0.6) is 5.75 Å². The molecular weight excluding hydrogens is 277 g/mol. The van der Waals surface area contributed by atoms with E-state index in [1.54, 1.807) is 6.07 Å². The van der Waals surface area contributed by atoms with Crippen molar-refractivity contribution >= 4 is 12.4 Å². The van der Waals surface area contributed by atoms with Gasteiger partial charge in [0.25, 0.3) is 0 Å². The van der Waals surface area contributed by atoms with Gasteiger partial charge in [0, 0.05) is 18.0 Å². The molecule has 1 N–H and O–H groups in total. The highest BCUT2D eigenvalue weighted by Crippen LogP contribution is 2.39. The van der Waals surface area contributed by atoms with Crippen molar-refractivity contribution in [3.05, 3.63) is 29.6 Å². The van der Waals surface area contributed by atoms with E-state index in [1.165, 1.54) is 38.2 Å². The van der Waals surface area contributed by atoms with Crippen LogP contribution in [0.4, 0.5) is 4.39 Å². The molecule has 1 unspecified atom stereocenters. The predicted octanol–water partition coefficient (Wildman–Crippen LogP) is 3.89. The maximum atomic E-state index is 13.5. The molecule has 0 aromatic heterocycles. The zero-order valence-electron chi connectivity index (χ0n) is 11.7. The van der Waals surface area contributed by atoms with Crippen molar-refractivity contribution in [2.24, 2.45) is 5.92 Å². The number of hydrogen-bond acceptors (Lipinski definition) is 2. The number of halogens is 2. The molecule has 2 nitrogen and oxygen atoms in total. The monoisotopic (exact) mass is 299 g/mol. The number of nitrogens with one attached hydrogen (secondary N) is 1. The molecule has 4 heteroatoms. The highest BCUT2D eigenvalue weighted by atomic mass is 35.5. The van der Waals surface area contributed by atoms with Gasteiger partial charge >= 0.3 is 0 Å². The SMILES string of the molecule is Cl.Fc1ccc(OCC2CCNC2)c(C2CCCC2)c1. The molecule has 0 radical (unpaired) electrons. The first kappa shape index (κ1) is 15.6. The predicted molar refractivity (Wildman–Crippen MR) is 81.3 cm³/mol. The normalized spacial score (nSPS) is 22.8. The molecule has 112 valence electrons. The third-order valence-electron chi connectivity index (χ3n) is 4.40. The van der Waals surface area contributed by atoms with E-state index < -0.39 is 0 Å². The molecule has 0 spiro atoms. The maximum absolute atomic E-state index is 13.5. The van der Waals surface area contributed by atoms with Gasteiger partial charge in [0.1, 0.15) is 11.6 Å². The van der Waals surface area contributed by atoms with E-state index in [9.17, 15) is 4.39 Å². The summed E-state index contributed by atoms with van der Waals surface area (Å²) in [6, 6.07) is 5.00. The van der Waals surface area contributed by atoms with Crippen LogP contribution in [0.1, 0.15) is 43.6 Å². The molecule has 1 heterocycles. The fraction of sp³-hybridized carbons (Fsp3) is 0.625. The molecular formula is C16H23ClFNO. The molecule has 3 rings (SSSR count). The Morgan fingerprint density at radius 2 is 2.00 bits per heavy atom. The third kappa shape index (κ3) is 3.64. The molecule has 2 aliphatic rings. The van der Waals surface area contributed by atoms with E-state index >= 15 is 0 Å². The Labute approximate surface area is 126 Å². The molecule has 1 saturated carbocycles. The van der Waals surface area contributed by atoms with E-state index in [4.69, 9.17) is 4.74 Å². The lowest BCUT2D eigenvalue weighted by atomic mass is 9.96. The summed E-state index contributed by atoms with van der Waals surface area (Å²) >= 11 is 0. The Bertz CT molecular complexity index is 428. The van der Waals surface area contributed by atoms with Crippen LogP contribution in [0.15, 0.2) is 18.2 Å². The zero-order chi connectivity index (χ0) is 13.1. The standard InChI is InChI=1S/C16H22FNO.ClH/c17-14-5-6-16(19-11-12-7-8-18-10-12)15(9-14)13-3-1-2-4-13;/h5-6,9,12-13,18H,1-4,7-8,10-11H2;1H. The second-order valence-corrected chi connectivity index (χ2v) is 5.83. The summed E-state index contributed by atoms with van der Waals surface area (Å²) in [5, 5.41) is 3.35. The lowest BCUT2D eigenvalue weighted by Crippen LogP contribution is -2.16. The van der Waals surface area contributed by atoms with Gasteiger partial charge in [-0.05, 0) is 49.9 Å². The van der Waals surface area contributed by atoms with Gasteiger partial charge in [-0.1, -0.05) is 12.8 Å². The fourth-order valence-electron chi connectivity index (χ4n) is 3.27. The average Bonchev–Trinajstić information content (AvgIpc) is 3.10. The Balaban J connectivity index is 0.00000147. The van der Waals surface area contributed by atoms with Crippen molar-refractivity contribution in [3.63, 3.8) is 0 Å².